The molecule has 20 heavy (non-hydrogen) atoms. The van der Waals surface area contributed by atoms with Gasteiger partial charge in [0.05, 0.1) is 17.6 Å². The second-order valence-electron chi connectivity index (χ2n) is 5.11. The van der Waals surface area contributed by atoms with Crippen molar-refractivity contribution in [2.75, 3.05) is 11.4 Å². The zero-order valence-corrected chi connectivity index (χ0v) is 11.3. The maximum absolute atomic E-state index is 4.48. The standard InChI is InChI=1S/C15H15N5/c1-19-14-12(9-18-19)15(17-10-16-14)20-8-7-13(20)11-5-3-2-4-6-11/h2-6,9-10,13H,7-8H2,1H3/t13-/m1/s1. The van der Waals surface area contributed by atoms with Crippen molar-refractivity contribution in [3.8, 4) is 0 Å². The Hall–Kier alpha value is -2.43. The molecule has 0 saturated carbocycles. The Labute approximate surface area is 116 Å². The van der Waals surface area contributed by atoms with Crippen LogP contribution in [-0.4, -0.2) is 26.3 Å². The third kappa shape index (κ3) is 1.59. The minimum Gasteiger partial charge on any atom is -0.349 e. The molecule has 0 unspecified atom stereocenters. The normalized spacial score (nSPS) is 18.2. The lowest BCUT2D eigenvalue weighted by Crippen LogP contribution is -2.41. The largest absolute Gasteiger partial charge is 0.349 e. The molecule has 1 aromatic carbocycles. The van der Waals surface area contributed by atoms with E-state index in [0.717, 1.165) is 29.8 Å². The SMILES string of the molecule is Cn1ncc2c(N3CC[C@@H]3c3ccccc3)ncnc21. The molecule has 3 heterocycles. The average molecular weight is 265 g/mol. The predicted octanol–water partition coefficient (Wildman–Crippen LogP) is 2.31. The number of hydrogen-bond acceptors (Lipinski definition) is 4. The van der Waals surface area contributed by atoms with Crippen LogP contribution in [0.4, 0.5) is 5.82 Å². The molecular formula is C15H15N5. The first kappa shape index (κ1) is 11.4. The predicted molar refractivity (Wildman–Crippen MR) is 77.5 cm³/mol. The van der Waals surface area contributed by atoms with E-state index < -0.39 is 0 Å². The summed E-state index contributed by atoms with van der Waals surface area (Å²) >= 11 is 0. The first-order valence-corrected chi connectivity index (χ1v) is 6.79. The number of aryl methyl sites for hydroxylation is 1. The van der Waals surface area contributed by atoms with Gasteiger partial charge in [0.1, 0.15) is 12.1 Å². The molecule has 0 amide bonds. The molecule has 5 nitrogen and oxygen atoms in total. The lowest BCUT2D eigenvalue weighted by Gasteiger charge is -2.42. The van der Waals surface area contributed by atoms with Gasteiger partial charge in [0.15, 0.2) is 5.65 Å². The van der Waals surface area contributed by atoms with Crippen molar-refractivity contribution in [3.05, 3.63) is 48.4 Å². The van der Waals surface area contributed by atoms with Crippen LogP contribution >= 0.6 is 0 Å². The minimum absolute atomic E-state index is 0.412. The van der Waals surface area contributed by atoms with Gasteiger partial charge in [0.25, 0.3) is 0 Å². The highest BCUT2D eigenvalue weighted by Crippen LogP contribution is 2.38. The lowest BCUT2D eigenvalue weighted by atomic mass is 9.94. The Morgan fingerprint density at radius 3 is 2.75 bits per heavy atom. The van der Waals surface area contributed by atoms with Crippen molar-refractivity contribution < 1.29 is 0 Å². The summed E-state index contributed by atoms with van der Waals surface area (Å²) < 4.78 is 1.79. The van der Waals surface area contributed by atoms with Crippen molar-refractivity contribution in [1.82, 2.24) is 19.7 Å². The van der Waals surface area contributed by atoms with E-state index in [4.69, 9.17) is 0 Å². The highest BCUT2D eigenvalue weighted by molar-refractivity contribution is 5.87. The van der Waals surface area contributed by atoms with Gasteiger partial charge >= 0.3 is 0 Å². The summed E-state index contributed by atoms with van der Waals surface area (Å²) in [6.45, 7) is 1.03. The number of fused-ring (bicyclic) bond motifs is 1. The molecule has 0 spiro atoms. The highest BCUT2D eigenvalue weighted by atomic mass is 15.3. The molecule has 2 aromatic heterocycles. The zero-order valence-electron chi connectivity index (χ0n) is 11.3. The quantitative estimate of drug-likeness (QED) is 0.713. The first-order valence-electron chi connectivity index (χ1n) is 6.79. The summed E-state index contributed by atoms with van der Waals surface area (Å²) in [6, 6.07) is 11.0. The molecule has 0 bridgehead atoms. The number of benzene rings is 1. The van der Waals surface area contributed by atoms with E-state index in [-0.39, 0.29) is 0 Å². The molecule has 4 rings (SSSR count). The number of aromatic nitrogens is 4. The van der Waals surface area contributed by atoms with E-state index in [9.17, 15) is 0 Å². The van der Waals surface area contributed by atoms with Crippen LogP contribution < -0.4 is 4.90 Å². The number of hydrogen-bond donors (Lipinski definition) is 0. The summed E-state index contributed by atoms with van der Waals surface area (Å²) in [5.74, 6) is 0.989. The van der Waals surface area contributed by atoms with Gasteiger partial charge in [-0.25, -0.2) is 9.97 Å². The Bertz CT molecular complexity index is 749. The van der Waals surface area contributed by atoms with E-state index >= 15 is 0 Å². The van der Waals surface area contributed by atoms with Crippen molar-refractivity contribution >= 4 is 16.9 Å². The van der Waals surface area contributed by atoms with Crippen LogP contribution in [0.5, 0.6) is 0 Å². The van der Waals surface area contributed by atoms with Crippen molar-refractivity contribution in [3.63, 3.8) is 0 Å². The maximum atomic E-state index is 4.48. The number of rotatable bonds is 2. The van der Waals surface area contributed by atoms with E-state index in [2.05, 4.69) is 50.3 Å². The summed E-state index contributed by atoms with van der Waals surface area (Å²) in [4.78, 5) is 11.1. The fraction of sp³-hybridized carbons (Fsp3) is 0.267. The second-order valence-corrected chi connectivity index (χ2v) is 5.11. The smallest absolute Gasteiger partial charge is 0.163 e. The molecule has 1 aliphatic heterocycles. The van der Waals surface area contributed by atoms with Crippen molar-refractivity contribution in [2.45, 2.75) is 12.5 Å². The molecule has 0 N–H and O–H groups in total. The first-order chi connectivity index (χ1) is 9.84. The topological polar surface area (TPSA) is 46.8 Å². The summed E-state index contributed by atoms with van der Waals surface area (Å²) in [5, 5.41) is 5.31. The molecule has 1 atom stereocenters. The van der Waals surface area contributed by atoms with Gasteiger partial charge in [-0.3, -0.25) is 4.68 Å². The molecule has 1 fully saturated rings. The van der Waals surface area contributed by atoms with E-state index in [1.165, 1.54) is 5.56 Å². The monoisotopic (exact) mass is 265 g/mol. The van der Waals surface area contributed by atoms with Crippen molar-refractivity contribution in [2.24, 2.45) is 7.05 Å². The van der Waals surface area contributed by atoms with Gasteiger partial charge in [-0.1, -0.05) is 30.3 Å². The molecule has 5 heteroatoms. The molecule has 1 saturated heterocycles. The fourth-order valence-electron chi connectivity index (χ4n) is 2.84. The molecular weight excluding hydrogens is 250 g/mol. The van der Waals surface area contributed by atoms with E-state index in [0.29, 0.717) is 6.04 Å². The highest BCUT2D eigenvalue weighted by Gasteiger charge is 2.31. The number of anilines is 1. The van der Waals surface area contributed by atoms with E-state index in [1.54, 1.807) is 11.0 Å². The Morgan fingerprint density at radius 2 is 2.00 bits per heavy atom. The van der Waals surface area contributed by atoms with Crippen LogP contribution in [-0.2, 0) is 7.05 Å². The molecule has 0 radical (unpaired) electrons. The summed E-state index contributed by atoms with van der Waals surface area (Å²) in [7, 11) is 1.91. The van der Waals surface area contributed by atoms with Crippen LogP contribution in [0, 0.1) is 0 Å². The fourth-order valence-corrected chi connectivity index (χ4v) is 2.84. The molecule has 0 aliphatic carbocycles. The van der Waals surface area contributed by atoms with Crippen LogP contribution in [0.15, 0.2) is 42.9 Å². The Balaban J connectivity index is 1.77. The van der Waals surface area contributed by atoms with Crippen LogP contribution in [0.3, 0.4) is 0 Å². The van der Waals surface area contributed by atoms with Gasteiger partial charge in [-0.05, 0) is 12.0 Å². The van der Waals surface area contributed by atoms with Gasteiger partial charge in [-0.15, -0.1) is 0 Å². The van der Waals surface area contributed by atoms with Gasteiger partial charge in [-0.2, -0.15) is 5.10 Å². The average Bonchev–Trinajstić information content (AvgIpc) is 2.82. The maximum Gasteiger partial charge on any atom is 0.163 e. The van der Waals surface area contributed by atoms with Gasteiger partial charge in [0.2, 0.25) is 0 Å². The third-order valence-electron chi connectivity index (χ3n) is 3.98. The van der Waals surface area contributed by atoms with Crippen LogP contribution in [0.1, 0.15) is 18.0 Å². The Kier molecular flexibility index (Phi) is 2.45. The van der Waals surface area contributed by atoms with Crippen LogP contribution in [0.25, 0.3) is 11.0 Å². The van der Waals surface area contributed by atoms with Crippen LogP contribution in [0.2, 0.25) is 0 Å². The summed E-state index contributed by atoms with van der Waals surface area (Å²) in [6.07, 6.45) is 4.64. The van der Waals surface area contributed by atoms with E-state index in [1.807, 2.05) is 13.2 Å². The minimum atomic E-state index is 0.412. The molecule has 100 valence electrons. The zero-order chi connectivity index (χ0) is 13.5. The Morgan fingerprint density at radius 1 is 1.15 bits per heavy atom. The van der Waals surface area contributed by atoms with Gasteiger partial charge in [0, 0.05) is 13.6 Å². The molecule has 1 aliphatic rings. The lowest BCUT2D eigenvalue weighted by molar-refractivity contribution is 0.462. The van der Waals surface area contributed by atoms with Crippen molar-refractivity contribution in [1.29, 1.82) is 0 Å². The summed E-state index contributed by atoms with van der Waals surface area (Å²) in [5.41, 5.74) is 2.23. The molecule has 3 aromatic rings. The number of nitrogens with zero attached hydrogens (tertiary/aromatic N) is 5. The second kappa shape index (κ2) is 4.30. The third-order valence-corrected chi connectivity index (χ3v) is 3.98. The van der Waals surface area contributed by atoms with Gasteiger partial charge < -0.3 is 4.90 Å².